The molecule has 1 heterocycles. The molecule has 0 aromatic heterocycles. The van der Waals surface area contributed by atoms with Crippen molar-refractivity contribution in [3.63, 3.8) is 0 Å². The Kier molecular flexibility index (Phi) is 7.75. The minimum absolute atomic E-state index is 0. The van der Waals surface area contributed by atoms with E-state index in [2.05, 4.69) is 11.0 Å². The van der Waals surface area contributed by atoms with Gasteiger partial charge in [-0.3, -0.25) is 4.99 Å². The van der Waals surface area contributed by atoms with Gasteiger partial charge >= 0.3 is 0 Å². The maximum Gasteiger partial charge on any atom is 0.161 e. The largest absolute Gasteiger partial charge is 0.493 e. The van der Waals surface area contributed by atoms with Crippen LogP contribution in [0.25, 0.3) is 0 Å². The Bertz CT molecular complexity index is 777. The van der Waals surface area contributed by atoms with Crippen LogP contribution in [0.2, 0.25) is 5.02 Å². The number of methoxy groups -OCH3 is 2. The molecule has 0 fully saturated rings. The summed E-state index contributed by atoms with van der Waals surface area (Å²) in [7, 11) is 7.34. The summed E-state index contributed by atoms with van der Waals surface area (Å²) in [6, 6.07) is 11.8. The van der Waals surface area contributed by atoms with Crippen molar-refractivity contribution in [2.45, 2.75) is 12.5 Å². The quantitative estimate of drug-likeness (QED) is 0.793. The second kappa shape index (κ2) is 9.12. The number of aliphatic imine (C=N–C) groups is 1. The molecule has 2 N–H and O–H groups in total. The molecule has 0 saturated heterocycles. The maximum atomic E-state index is 6.04. The maximum absolute atomic E-state index is 6.04. The van der Waals surface area contributed by atoms with Gasteiger partial charge in [-0.2, -0.15) is 0 Å². The van der Waals surface area contributed by atoms with Crippen molar-refractivity contribution in [3.05, 3.63) is 58.1 Å². The standard InChI is InChI=1S/C19H21ClN2O2.ClH.H2O/c1-22(2)18-10-13-9-16(23-3)17(24-4)11-15(13)19(21-18)12-5-7-14(20)8-6-12;;/h5-9,11,19H,10H2,1-4H3;1H;1H2. The lowest BCUT2D eigenvalue weighted by molar-refractivity contribution is 0.354. The summed E-state index contributed by atoms with van der Waals surface area (Å²) in [6.07, 6.45) is 0.771. The number of hydrogen-bond donors (Lipinski definition) is 0. The van der Waals surface area contributed by atoms with Crippen LogP contribution in [0, 0.1) is 0 Å². The molecule has 7 heteroatoms. The van der Waals surface area contributed by atoms with E-state index in [0.717, 1.165) is 39.9 Å². The lowest BCUT2D eigenvalue weighted by Gasteiger charge is -2.28. The van der Waals surface area contributed by atoms with E-state index in [1.54, 1.807) is 14.2 Å². The van der Waals surface area contributed by atoms with Crippen molar-refractivity contribution in [2.24, 2.45) is 4.99 Å². The minimum Gasteiger partial charge on any atom is -0.493 e. The highest BCUT2D eigenvalue weighted by molar-refractivity contribution is 6.30. The van der Waals surface area contributed by atoms with Crippen LogP contribution in [0.5, 0.6) is 11.5 Å². The van der Waals surface area contributed by atoms with Crippen LogP contribution in [-0.2, 0) is 6.42 Å². The first-order chi connectivity index (χ1) is 11.5. The van der Waals surface area contributed by atoms with E-state index in [1.807, 2.05) is 44.4 Å². The molecule has 0 radical (unpaired) electrons. The highest BCUT2D eigenvalue weighted by atomic mass is 35.5. The Hall–Kier alpha value is -1.95. The SMILES string of the molecule is COc1cc2c(cc1OC)C(c1ccc(Cl)cc1)N=C(N(C)C)C2.Cl.O. The average molecular weight is 399 g/mol. The summed E-state index contributed by atoms with van der Waals surface area (Å²) >= 11 is 6.04. The van der Waals surface area contributed by atoms with Gasteiger partial charge in [-0.15, -0.1) is 12.4 Å². The Morgan fingerprint density at radius 1 is 1.04 bits per heavy atom. The summed E-state index contributed by atoms with van der Waals surface area (Å²) in [6.45, 7) is 0. The van der Waals surface area contributed by atoms with Crippen LogP contribution in [-0.4, -0.2) is 44.5 Å². The number of rotatable bonds is 3. The zero-order valence-corrected chi connectivity index (χ0v) is 16.8. The summed E-state index contributed by atoms with van der Waals surface area (Å²) in [4.78, 5) is 7.01. The fraction of sp³-hybridized carbons (Fsp3) is 0.316. The fourth-order valence-corrected chi connectivity index (χ4v) is 3.08. The lowest BCUT2D eigenvalue weighted by Crippen LogP contribution is -2.28. The van der Waals surface area contributed by atoms with Crippen molar-refractivity contribution in [1.29, 1.82) is 0 Å². The normalized spacial score (nSPS) is 15.0. The van der Waals surface area contributed by atoms with E-state index in [0.29, 0.717) is 0 Å². The van der Waals surface area contributed by atoms with Gasteiger partial charge in [0.2, 0.25) is 0 Å². The molecule has 0 saturated carbocycles. The van der Waals surface area contributed by atoms with E-state index in [1.165, 1.54) is 5.56 Å². The van der Waals surface area contributed by atoms with Crippen LogP contribution < -0.4 is 9.47 Å². The first-order valence-corrected chi connectivity index (χ1v) is 8.15. The second-order valence-electron chi connectivity index (χ2n) is 5.98. The number of hydrogen-bond acceptors (Lipinski definition) is 4. The van der Waals surface area contributed by atoms with Crippen LogP contribution in [0.15, 0.2) is 41.4 Å². The molecule has 1 aliphatic heterocycles. The van der Waals surface area contributed by atoms with Gasteiger partial charge in [0.05, 0.1) is 14.2 Å². The minimum atomic E-state index is -0.0803. The second-order valence-corrected chi connectivity index (χ2v) is 6.41. The van der Waals surface area contributed by atoms with E-state index in [9.17, 15) is 0 Å². The van der Waals surface area contributed by atoms with Gasteiger partial charge in [-0.1, -0.05) is 23.7 Å². The number of amidine groups is 1. The Balaban J connectivity index is 0.00000169. The molecule has 1 atom stereocenters. The molecule has 2 aromatic carbocycles. The highest BCUT2D eigenvalue weighted by Crippen LogP contribution is 2.40. The number of halogens is 2. The zero-order chi connectivity index (χ0) is 17.3. The molecule has 2 aromatic rings. The van der Waals surface area contributed by atoms with Gasteiger partial charge < -0.3 is 19.8 Å². The van der Waals surface area contributed by atoms with Crippen molar-refractivity contribution >= 4 is 29.8 Å². The number of benzene rings is 2. The molecule has 5 nitrogen and oxygen atoms in total. The first-order valence-electron chi connectivity index (χ1n) is 7.77. The van der Waals surface area contributed by atoms with Crippen molar-refractivity contribution in [3.8, 4) is 11.5 Å². The molecule has 1 aliphatic rings. The molecule has 0 spiro atoms. The molecule has 0 amide bonds. The molecular weight excluding hydrogens is 375 g/mol. The van der Waals surface area contributed by atoms with Gasteiger partial charge in [0.15, 0.2) is 11.5 Å². The van der Waals surface area contributed by atoms with E-state index < -0.39 is 0 Å². The van der Waals surface area contributed by atoms with Crippen molar-refractivity contribution in [1.82, 2.24) is 4.90 Å². The highest BCUT2D eigenvalue weighted by Gasteiger charge is 2.26. The van der Waals surface area contributed by atoms with Gasteiger partial charge in [-0.05, 0) is 41.0 Å². The molecular formula is C19H24Cl2N2O3. The van der Waals surface area contributed by atoms with Crippen molar-refractivity contribution < 1.29 is 14.9 Å². The monoisotopic (exact) mass is 398 g/mol. The Morgan fingerprint density at radius 2 is 1.62 bits per heavy atom. The van der Waals surface area contributed by atoms with Crippen LogP contribution >= 0.6 is 24.0 Å². The molecule has 3 rings (SSSR count). The Labute approximate surface area is 165 Å². The molecule has 26 heavy (non-hydrogen) atoms. The molecule has 0 bridgehead atoms. The molecule has 142 valence electrons. The number of fused-ring (bicyclic) bond motifs is 1. The third-order valence-electron chi connectivity index (χ3n) is 4.27. The average Bonchev–Trinajstić information content (AvgIpc) is 2.60. The zero-order valence-electron chi connectivity index (χ0n) is 15.2. The molecule has 1 unspecified atom stereocenters. The van der Waals surface area contributed by atoms with Crippen LogP contribution in [0.4, 0.5) is 0 Å². The Morgan fingerprint density at radius 3 is 2.15 bits per heavy atom. The van der Waals surface area contributed by atoms with Gasteiger partial charge in [0, 0.05) is 25.5 Å². The third-order valence-corrected chi connectivity index (χ3v) is 4.52. The number of likely N-dealkylation sites (N-methyl/N-ethyl adjacent to an activating group) is 1. The van der Waals surface area contributed by atoms with Crippen LogP contribution in [0.1, 0.15) is 22.7 Å². The van der Waals surface area contributed by atoms with Gasteiger partial charge in [-0.25, -0.2) is 0 Å². The third kappa shape index (κ3) is 4.23. The van der Waals surface area contributed by atoms with Gasteiger partial charge in [0.1, 0.15) is 11.9 Å². The number of ether oxygens (including phenoxy) is 2. The molecule has 0 aliphatic carbocycles. The topological polar surface area (TPSA) is 65.6 Å². The van der Waals surface area contributed by atoms with E-state index >= 15 is 0 Å². The number of nitrogens with zero attached hydrogens (tertiary/aromatic N) is 2. The van der Waals surface area contributed by atoms with Crippen molar-refractivity contribution in [2.75, 3.05) is 28.3 Å². The fourth-order valence-electron chi connectivity index (χ4n) is 2.95. The smallest absolute Gasteiger partial charge is 0.161 e. The van der Waals surface area contributed by atoms with E-state index in [4.69, 9.17) is 26.1 Å². The lowest BCUT2D eigenvalue weighted by atomic mass is 9.90. The van der Waals surface area contributed by atoms with E-state index in [-0.39, 0.29) is 23.9 Å². The predicted molar refractivity (Wildman–Crippen MR) is 109 cm³/mol. The summed E-state index contributed by atoms with van der Waals surface area (Å²) in [5, 5.41) is 0.721. The summed E-state index contributed by atoms with van der Waals surface area (Å²) < 4.78 is 10.9. The summed E-state index contributed by atoms with van der Waals surface area (Å²) in [5.74, 6) is 2.50. The summed E-state index contributed by atoms with van der Waals surface area (Å²) in [5.41, 5.74) is 3.44. The van der Waals surface area contributed by atoms with Crippen LogP contribution in [0.3, 0.4) is 0 Å². The van der Waals surface area contributed by atoms with Gasteiger partial charge in [0.25, 0.3) is 0 Å². The first kappa shape index (κ1) is 22.1. The predicted octanol–water partition coefficient (Wildman–Crippen LogP) is 3.56.